The molecular formula is C19H16Cl2N2O4. The van der Waals surface area contributed by atoms with Crippen LogP contribution in [0.1, 0.15) is 11.5 Å². The van der Waals surface area contributed by atoms with Gasteiger partial charge in [0, 0.05) is 10.6 Å². The second kappa shape index (κ2) is 8.33. The average Bonchev–Trinajstić information content (AvgIpc) is 3.17. The third-order valence-corrected chi connectivity index (χ3v) is 4.20. The van der Waals surface area contributed by atoms with Gasteiger partial charge in [-0.1, -0.05) is 40.5 Å². The smallest absolute Gasteiger partial charge is 0.269 e. The van der Waals surface area contributed by atoms with Crippen molar-refractivity contribution in [3.8, 4) is 28.6 Å². The van der Waals surface area contributed by atoms with Crippen molar-refractivity contribution in [2.75, 3.05) is 21.3 Å². The topological polar surface area (TPSA) is 66.6 Å². The Morgan fingerprint density at radius 1 is 1.04 bits per heavy atom. The molecule has 27 heavy (non-hydrogen) atoms. The number of nitrogens with zero attached hydrogens (tertiary/aromatic N) is 2. The summed E-state index contributed by atoms with van der Waals surface area (Å²) in [6, 6.07) is 10.7. The van der Waals surface area contributed by atoms with E-state index in [0.29, 0.717) is 28.1 Å². The van der Waals surface area contributed by atoms with E-state index >= 15 is 0 Å². The maximum Gasteiger partial charge on any atom is 0.269 e. The zero-order valence-corrected chi connectivity index (χ0v) is 16.3. The molecule has 0 aliphatic rings. The molecule has 0 fully saturated rings. The molecule has 140 valence electrons. The third kappa shape index (κ3) is 4.18. The summed E-state index contributed by atoms with van der Waals surface area (Å²) in [5.41, 5.74) is 1.45. The minimum Gasteiger partial charge on any atom is -0.493 e. The summed E-state index contributed by atoms with van der Waals surface area (Å²) in [6.07, 6.45) is 1.67. The molecule has 0 aliphatic heterocycles. The van der Waals surface area contributed by atoms with Crippen LogP contribution in [0.2, 0.25) is 5.02 Å². The van der Waals surface area contributed by atoms with Gasteiger partial charge in [-0.3, -0.25) is 0 Å². The number of benzene rings is 2. The highest BCUT2D eigenvalue weighted by Crippen LogP contribution is 2.39. The first-order valence-corrected chi connectivity index (χ1v) is 8.58. The summed E-state index contributed by atoms with van der Waals surface area (Å²) in [5, 5.41) is 4.80. The lowest BCUT2D eigenvalue weighted by atomic mass is 10.1. The van der Waals surface area contributed by atoms with Crippen molar-refractivity contribution in [2.24, 2.45) is 0 Å². The zero-order chi connectivity index (χ0) is 19.4. The Balaban J connectivity index is 1.94. The Labute approximate surface area is 166 Å². The van der Waals surface area contributed by atoms with Crippen molar-refractivity contribution in [2.45, 2.75) is 0 Å². The third-order valence-electron chi connectivity index (χ3n) is 3.69. The van der Waals surface area contributed by atoms with E-state index in [1.165, 1.54) is 0 Å². The number of rotatable bonds is 6. The Morgan fingerprint density at radius 2 is 1.74 bits per heavy atom. The second-order valence-corrected chi connectivity index (χ2v) is 6.23. The van der Waals surface area contributed by atoms with Crippen molar-refractivity contribution in [3.05, 3.63) is 52.9 Å². The predicted molar refractivity (Wildman–Crippen MR) is 105 cm³/mol. The summed E-state index contributed by atoms with van der Waals surface area (Å²) >= 11 is 12.4. The van der Waals surface area contributed by atoms with Gasteiger partial charge in [0.25, 0.3) is 5.89 Å². The van der Waals surface area contributed by atoms with Gasteiger partial charge in [-0.25, -0.2) is 0 Å². The van der Waals surface area contributed by atoms with E-state index in [2.05, 4.69) is 10.1 Å². The largest absolute Gasteiger partial charge is 0.493 e. The van der Waals surface area contributed by atoms with Gasteiger partial charge in [0.05, 0.1) is 21.3 Å². The molecule has 0 bridgehead atoms. The van der Waals surface area contributed by atoms with Gasteiger partial charge in [-0.15, -0.1) is 0 Å². The van der Waals surface area contributed by atoms with Crippen LogP contribution in [0.15, 0.2) is 40.9 Å². The van der Waals surface area contributed by atoms with E-state index in [0.717, 1.165) is 11.1 Å². The van der Waals surface area contributed by atoms with E-state index in [1.807, 2.05) is 6.07 Å². The van der Waals surface area contributed by atoms with Gasteiger partial charge < -0.3 is 18.7 Å². The van der Waals surface area contributed by atoms with Crippen molar-refractivity contribution in [1.29, 1.82) is 0 Å². The number of aromatic nitrogens is 2. The highest BCUT2D eigenvalue weighted by Gasteiger charge is 2.15. The van der Waals surface area contributed by atoms with E-state index in [-0.39, 0.29) is 10.9 Å². The Kier molecular flexibility index (Phi) is 5.88. The predicted octanol–water partition coefficient (Wildman–Crippen LogP) is 5.15. The van der Waals surface area contributed by atoms with Gasteiger partial charge in [-0.05, 0) is 35.9 Å². The molecule has 3 aromatic rings. The number of hydrogen-bond donors (Lipinski definition) is 0. The summed E-state index contributed by atoms with van der Waals surface area (Å²) in [7, 11) is 4.63. The van der Waals surface area contributed by atoms with Gasteiger partial charge >= 0.3 is 0 Å². The van der Waals surface area contributed by atoms with Gasteiger partial charge in [-0.2, -0.15) is 4.98 Å². The summed E-state index contributed by atoms with van der Waals surface area (Å²) < 4.78 is 21.2. The molecule has 0 unspecified atom stereocenters. The Morgan fingerprint density at radius 3 is 2.33 bits per heavy atom. The fourth-order valence-electron chi connectivity index (χ4n) is 2.46. The fourth-order valence-corrected chi connectivity index (χ4v) is 2.85. The lowest BCUT2D eigenvalue weighted by Gasteiger charge is -2.12. The minimum atomic E-state index is 0.181. The molecule has 3 rings (SSSR count). The maximum absolute atomic E-state index is 6.36. The number of halogens is 2. The quantitative estimate of drug-likeness (QED) is 0.563. The van der Waals surface area contributed by atoms with Gasteiger partial charge in [0.15, 0.2) is 11.5 Å². The number of hydrogen-bond acceptors (Lipinski definition) is 6. The molecule has 1 heterocycles. The first kappa shape index (κ1) is 19.1. The Hall–Kier alpha value is -2.70. The van der Waals surface area contributed by atoms with Crippen LogP contribution in [0.5, 0.6) is 17.2 Å². The molecule has 0 radical (unpaired) electrons. The van der Waals surface area contributed by atoms with Crippen molar-refractivity contribution < 1.29 is 18.7 Å². The van der Waals surface area contributed by atoms with Crippen LogP contribution in [0.25, 0.3) is 22.5 Å². The number of ether oxygens (including phenoxy) is 3. The molecule has 0 aliphatic carbocycles. The molecule has 0 amide bonds. The summed E-state index contributed by atoms with van der Waals surface area (Å²) in [4.78, 5) is 4.31. The van der Waals surface area contributed by atoms with Crippen LogP contribution in [-0.4, -0.2) is 31.5 Å². The van der Waals surface area contributed by atoms with E-state index in [9.17, 15) is 0 Å². The van der Waals surface area contributed by atoms with E-state index < -0.39 is 0 Å². The highest BCUT2D eigenvalue weighted by molar-refractivity contribution is 6.50. The lowest BCUT2D eigenvalue weighted by molar-refractivity contribution is 0.324. The summed E-state index contributed by atoms with van der Waals surface area (Å²) in [6.45, 7) is 0. The monoisotopic (exact) mass is 406 g/mol. The zero-order valence-electron chi connectivity index (χ0n) is 14.8. The highest BCUT2D eigenvalue weighted by atomic mass is 35.5. The summed E-state index contributed by atoms with van der Waals surface area (Å²) in [5.74, 6) is 2.09. The maximum atomic E-state index is 6.36. The molecule has 0 atom stereocenters. The van der Waals surface area contributed by atoms with Crippen molar-refractivity contribution >= 4 is 34.3 Å². The van der Waals surface area contributed by atoms with Gasteiger partial charge in [0.1, 0.15) is 5.03 Å². The molecular weight excluding hydrogens is 391 g/mol. The van der Waals surface area contributed by atoms with Crippen LogP contribution in [-0.2, 0) is 0 Å². The van der Waals surface area contributed by atoms with E-state index in [4.69, 9.17) is 41.9 Å². The standard InChI is InChI=1S/C19H16Cl2N2O4/c1-24-15-8-11(9-16(25-2)17(15)26-3)7-14(21)19-22-18(23-27-19)12-5-4-6-13(20)10-12/h4-10H,1-3H3/b14-7-. The van der Waals surface area contributed by atoms with Gasteiger partial charge in [0.2, 0.25) is 11.6 Å². The normalized spacial score (nSPS) is 11.4. The average molecular weight is 407 g/mol. The molecule has 1 aromatic heterocycles. The van der Waals surface area contributed by atoms with Crippen LogP contribution < -0.4 is 14.2 Å². The van der Waals surface area contributed by atoms with E-state index in [1.54, 1.807) is 57.7 Å². The Bertz CT molecular complexity index is 960. The molecule has 8 heteroatoms. The SMILES string of the molecule is COc1cc(/C=C(\Cl)c2nc(-c3cccc(Cl)c3)no2)cc(OC)c1OC. The van der Waals surface area contributed by atoms with Crippen molar-refractivity contribution in [1.82, 2.24) is 10.1 Å². The molecule has 0 spiro atoms. The van der Waals surface area contributed by atoms with Crippen molar-refractivity contribution in [3.63, 3.8) is 0 Å². The molecule has 2 aromatic carbocycles. The van der Waals surface area contributed by atoms with Crippen LogP contribution >= 0.6 is 23.2 Å². The first-order chi connectivity index (χ1) is 13.0. The minimum absolute atomic E-state index is 0.181. The molecule has 0 saturated carbocycles. The van der Waals surface area contributed by atoms with Crippen LogP contribution in [0.3, 0.4) is 0 Å². The molecule has 0 N–H and O–H groups in total. The lowest BCUT2D eigenvalue weighted by Crippen LogP contribution is -1.95. The molecule has 6 nitrogen and oxygen atoms in total. The number of methoxy groups -OCH3 is 3. The van der Waals surface area contributed by atoms with Crippen LogP contribution in [0.4, 0.5) is 0 Å². The molecule has 0 saturated heterocycles. The van der Waals surface area contributed by atoms with Crippen LogP contribution in [0, 0.1) is 0 Å². The first-order valence-electron chi connectivity index (χ1n) is 7.83. The second-order valence-electron chi connectivity index (χ2n) is 5.38. The fraction of sp³-hybridized carbons (Fsp3) is 0.158.